The number of hydrogen-bond acceptors (Lipinski definition) is 4. The molecule has 17 heavy (non-hydrogen) atoms. The molecule has 0 spiro atoms. The van der Waals surface area contributed by atoms with Crippen molar-refractivity contribution in [1.29, 1.82) is 0 Å². The monoisotopic (exact) mass is 272 g/mol. The maximum Gasteiger partial charge on any atom is 0.115 e. The second-order valence-corrected chi connectivity index (χ2v) is 5.61. The molecule has 1 fully saturated rings. The van der Waals surface area contributed by atoms with Gasteiger partial charge in [-0.2, -0.15) is 0 Å². The average Bonchev–Trinajstić information content (AvgIpc) is 2.35. The highest BCUT2D eigenvalue weighted by Crippen LogP contribution is 2.31. The van der Waals surface area contributed by atoms with Crippen LogP contribution in [0.3, 0.4) is 0 Å². The normalized spacial score (nSPS) is 24.8. The third-order valence-electron chi connectivity index (χ3n) is 2.76. The first-order chi connectivity index (χ1) is 8.31. The largest absolute Gasteiger partial charge is 0.380 e. The standard InChI is InChI=1S/C12H17ClN2OS/c1-2-14-10-5-7-16-8-11(10)17-12-9(13)4-3-6-15-12/h3-4,6,10-11,14H,2,5,7-8H2,1H3. The van der Waals surface area contributed by atoms with Crippen molar-refractivity contribution in [2.75, 3.05) is 19.8 Å². The van der Waals surface area contributed by atoms with Crippen LogP contribution in [0.25, 0.3) is 0 Å². The highest BCUT2D eigenvalue weighted by Gasteiger charge is 2.26. The van der Waals surface area contributed by atoms with Gasteiger partial charge in [0.2, 0.25) is 0 Å². The number of pyridine rings is 1. The molecule has 0 radical (unpaired) electrons. The lowest BCUT2D eigenvalue weighted by Crippen LogP contribution is -2.44. The lowest BCUT2D eigenvalue weighted by atomic mass is 10.1. The van der Waals surface area contributed by atoms with Gasteiger partial charge < -0.3 is 10.1 Å². The first-order valence-corrected chi connectivity index (χ1v) is 7.15. The van der Waals surface area contributed by atoms with E-state index in [0.29, 0.717) is 11.3 Å². The summed E-state index contributed by atoms with van der Waals surface area (Å²) in [6.07, 6.45) is 2.83. The van der Waals surface area contributed by atoms with E-state index in [0.717, 1.165) is 36.2 Å². The van der Waals surface area contributed by atoms with E-state index in [1.165, 1.54) is 0 Å². The zero-order chi connectivity index (χ0) is 12.1. The molecule has 0 saturated carbocycles. The minimum Gasteiger partial charge on any atom is -0.380 e. The number of hydrogen-bond donors (Lipinski definition) is 1. The third kappa shape index (κ3) is 3.58. The zero-order valence-electron chi connectivity index (χ0n) is 9.86. The predicted octanol–water partition coefficient (Wildman–Crippen LogP) is 2.59. The Morgan fingerprint density at radius 2 is 2.53 bits per heavy atom. The summed E-state index contributed by atoms with van der Waals surface area (Å²) in [7, 11) is 0. The molecule has 0 aliphatic carbocycles. The molecule has 2 heterocycles. The molecular weight excluding hydrogens is 256 g/mol. The number of nitrogens with one attached hydrogen (secondary N) is 1. The highest BCUT2D eigenvalue weighted by molar-refractivity contribution is 8.00. The smallest absolute Gasteiger partial charge is 0.115 e. The fourth-order valence-corrected chi connectivity index (χ4v) is 3.33. The molecule has 1 aliphatic rings. The minimum atomic E-state index is 0.385. The molecular formula is C12H17ClN2OS. The summed E-state index contributed by atoms with van der Waals surface area (Å²) in [6, 6.07) is 4.21. The van der Waals surface area contributed by atoms with E-state index in [9.17, 15) is 0 Å². The number of nitrogens with zero attached hydrogens (tertiary/aromatic N) is 1. The SMILES string of the molecule is CCNC1CCOCC1Sc1ncccc1Cl. The van der Waals surface area contributed by atoms with Gasteiger partial charge in [0.1, 0.15) is 5.03 Å². The Bertz CT molecular complexity index is 362. The van der Waals surface area contributed by atoms with Crippen LogP contribution >= 0.6 is 23.4 Å². The van der Waals surface area contributed by atoms with Gasteiger partial charge in [0.15, 0.2) is 0 Å². The van der Waals surface area contributed by atoms with Crippen LogP contribution < -0.4 is 5.32 Å². The Morgan fingerprint density at radius 3 is 3.29 bits per heavy atom. The molecule has 5 heteroatoms. The van der Waals surface area contributed by atoms with E-state index in [2.05, 4.69) is 17.2 Å². The Morgan fingerprint density at radius 1 is 1.65 bits per heavy atom. The Kier molecular flexibility index (Phi) is 5.10. The zero-order valence-corrected chi connectivity index (χ0v) is 11.4. The molecule has 0 aromatic carbocycles. The van der Waals surface area contributed by atoms with Gasteiger partial charge in [0.25, 0.3) is 0 Å². The lowest BCUT2D eigenvalue weighted by molar-refractivity contribution is 0.0836. The molecule has 2 atom stereocenters. The van der Waals surface area contributed by atoms with E-state index in [1.807, 2.05) is 12.1 Å². The van der Waals surface area contributed by atoms with Crippen molar-refractivity contribution in [3.63, 3.8) is 0 Å². The lowest BCUT2D eigenvalue weighted by Gasteiger charge is -2.31. The maximum atomic E-state index is 6.12. The first-order valence-electron chi connectivity index (χ1n) is 5.89. The van der Waals surface area contributed by atoms with Crippen molar-refractivity contribution in [3.8, 4) is 0 Å². The quantitative estimate of drug-likeness (QED) is 0.914. The van der Waals surface area contributed by atoms with Gasteiger partial charge >= 0.3 is 0 Å². The number of rotatable bonds is 4. The van der Waals surface area contributed by atoms with Crippen LogP contribution in [0.2, 0.25) is 5.02 Å². The fraction of sp³-hybridized carbons (Fsp3) is 0.583. The van der Waals surface area contributed by atoms with Crippen LogP contribution in [-0.2, 0) is 4.74 Å². The van der Waals surface area contributed by atoms with Crippen molar-refractivity contribution in [2.24, 2.45) is 0 Å². The first kappa shape index (κ1) is 13.1. The Balaban J connectivity index is 2.03. The van der Waals surface area contributed by atoms with E-state index >= 15 is 0 Å². The maximum absolute atomic E-state index is 6.12. The molecule has 2 rings (SSSR count). The van der Waals surface area contributed by atoms with Crippen LogP contribution in [0.4, 0.5) is 0 Å². The Hall–Kier alpha value is -0.290. The van der Waals surface area contributed by atoms with Gasteiger partial charge in [-0.15, -0.1) is 0 Å². The van der Waals surface area contributed by atoms with E-state index in [-0.39, 0.29) is 0 Å². The number of halogens is 1. The van der Waals surface area contributed by atoms with Crippen LogP contribution in [-0.4, -0.2) is 36.0 Å². The van der Waals surface area contributed by atoms with Crippen LogP contribution in [0.1, 0.15) is 13.3 Å². The summed E-state index contributed by atoms with van der Waals surface area (Å²) in [4.78, 5) is 4.31. The number of ether oxygens (including phenoxy) is 1. The average molecular weight is 273 g/mol. The summed E-state index contributed by atoms with van der Waals surface area (Å²) in [5.74, 6) is 0. The van der Waals surface area contributed by atoms with Gasteiger partial charge in [0, 0.05) is 24.1 Å². The topological polar surface area (TPSA) is 34.1 Å². The van der Waals surface area contributed by atoms with Crippen molar-refractivity contribution < 1.29 is 4.74 Å². The summed E-state index contributed by atoms with van der Waals surface area (Å²) in [6.45, 7) is 4.71. The second kappa shape index (κ2) is 6.59. The number of thioether (sulfide) groups is 1. The fourth-order valence-electron chi connectivity index (χ4n) is 1.92. The van der Waals surface area contributed by atoms with Crippen LogP contribution in [0.5, 0.6) is 0 Å². The van der Waals surface area contributed by atoms with Crippen molar-refractivity contribution in [3.05, 3.63) is 23.4 Å². The molecule has 1 N–H and O–H groups in total. The van der Waals surface area contributed by atoms with Crippen LogP contribution in [0, 0.1) is 0 Å². The summed E-state index contributed by atoms with van der Waals surface area (Å²) < 4.78 is 5.54. The van der Waals surface area contributed by atoms with Gasteiger partial charge in [-0.25, -0.2) is 4.98 Å². The van der Waals surface area contributed by atoms with Gasteiger partial charge in [-0.1, -0.05) is 30.3 Å². The molecule has 2 unspecified atom stereocenters. The van der Waals surface area contributed by atoms with E-state index in [1.54, 1.807) is 18.0 Å². The molecule has 0 bridgehead atoms. The van der Waals surface area contributed by atoms with E-state index in [4.69, 9.17) is 16.3 Å². The molecule has 1 aromatic rings. The molecule has 0 amide bonds. The van der Waals surface area contributed by atoms with Crippen molar-refractivity contribution >= 4 is 23.4 Å². The van der Waals surface area contributed by atoms with Gasteiger partial charge in [-0.05, 0) is 25.1 Å². The molecule has 1 aromatic heterocycles. The molecule has 94 valence electrons. The summed E-state index contributed by atoms with van der Waals surface area (Å²) in [5.41, 5.74) is 0. The minimum absolute atomic E-state index is 0.385. The van der Waals surface area contributed by atoms with Crippen molar-refractivity contribution in [2.45, 2.75) is 29.7 Å². The van der Waals surface area contributed by atoms with Gasteiger partial charge in [0.05, 0.1) is 11.6 Å². The summed E-state index contributed by atoms with van der Waals surface area (Å²) >= 11 is 7.83. The van der Waals surface area contributed by atoms with E-state index < -0.39 is 0 Å². The second-order valence-electron chi connectivity index (χ2n) is 3.97. The van der Waals surface area contributed by atoms with Crippen molar-refractivity contribution in [1.82, 2.24) is 10.3 Å². The van der Waals surface area contributed by atoms with Gasteiger partial charge in [-0.3, -0.25) is 0 Å². The molecule has 1 saturated heterocycles. The predicted molar refractivity (Wildman–Crippen MR) is 71.8 cm³/mol. The summed E-state index contributed by atoms with van der Waals surface area (Å²) in [5, 5.41) is 5.50. The Labute approximate surface area is 111 Å². The third-order valence-corrected chi connectivity index (χ3v) is 4.49. The highest BCUT2D eigenvalue weighted by atomic mass is 35.5. The molecule has 1 aliphatic heterocycles. The molecule has 3 nitrogen and oxygen atoms in total. The number of aromatic nitrogens is 1. The van der Waals surface area contributed by atoms with Crippen LogP contribution in [0.15, 0.2) is 23.4 Å².